The van der Waals surface area contributed by atoms with E-state index < -0.39 is 0 Å². The summed E-state index contributed by atoms with van der Waals surface area (Å²) < 4.78 is 5.41. The molecule has 1 atom stereocenters. The van der Waals surface area contributed by atoms with E-state index in [0.29, 0.717) is 36.2 Å². The molecule has 0 radical (unpaired) electrons. The molecular formula is C17H16ClN5O2. The number of nitriles is 1. The Kier molecular flexibility index (Phi) is 4.07. The van der Waals surface area contributed by atoms with E-state index in [0.717, 1.165) is 18.7 Å². The predicted molar refractivity (Wildman–Crippen MR) is 91.8 cm³/mol. The Morgan fingerprint density at radius 3 is 2.88 bits per heavy atom. The van der Waals surface area contributed by atoms with Crippen LogP contribution in [0.25, 0.3) is 11.3 Å². The monoisotopic (exact) mass is 357 g/mol. The number of fused-ring (bicyclic) bond motifs is 1. The van der Waals surface area contributed by atoms with Crippen LogP contribution in [0.15, 0.2) is 34.9 Å². The number of aromatic nitrogens is 1. The minimum atomic E-state index is -0.312. The zero-order valence-electron chi connectivity index (χ0n) is 13.4. The van der Waals surface area contributed by atoms with E-state index in [-0.39, 0.29) is 11.9 Å². The fraction of sp³-hybridized carbons (Fsp3) is 0.353. The number of rotatable bonds is 2. The summed E-state index contributed by atoms with van der Waals surface area (Å²) in [5, 5.41) is 13.8. The van der Waals surface area contributed by atoms with Gasteiger partial charge in [-0.25, -0.2) is 0 Å². The summed E-state index contributed by atoms with van der Waals surface area (Å²) in [7, 11) is 0. The molecule has 0 spiro atoms. The first-order chi connectivity index (χ1) is 12.2. The second kappa shape index (κ2) is 6.39. The lowest BCUT2D eigenvalue weighted by atomic mass is 10.1. The normalized spacial score (nSPS) is 21.1. The highest BCUT2D eigenvalue weighted by molar-refractivity contribution is 6.30. The maximum absolute atomic E-state index is 12.9. The minimum Gasteiger partial charge on any atom is -0.354 e. The van der Waals surface area contributed by atoms with Crippen LogP contribution >= 0.6 is 11.6 Å². The van der Waals surface area contributed by atoms with Crippen LogP contribution in [-0.4, -0.2) is 59.6 Å². The first-order valence-electron chi connectivity index (χ1n) is 8.08. The lowest BCUT2D eigenvalue weighted by Gasteiger charge is -2.44. The number of piperazine rings is 2. The van der Waals surface area contributed by atoms with Crippen LogP contribution in [0.3, 0.4) is 0 Å². The first-order valence-corrected chi connectivity index (χ1v) is 8.46. The number of hydrogen-bond donors (Lipinski definition) is 0. The molecule has 2 aliphatic heterocycles. The zero-order valence-corrected chi connectivity index (χ0v) is 14.2. The first kappa shape index (κ1) is 15.9. The van der Waals surface area contributed by atoms with Gasteiger partial charge in [0.2, 0.25) is 5.91 Å². The summed E-state index contributed by atoms with van der Waals surface area (Å²) >= 11 is 6.01. The van der Waals surface area contributed by atoms with Gasteiger partial charge in [-0.15, -0.1) is 0 Å². The number of anilines is 1. The summed E-state index contributed by atoms with van der Waals surface area (Å²) in [6, 6.07) is 8.73. The highest BCUT2D eigenvalue weighted by atomic mass is 35.5. The van der Waals surface area contributed by atoms with Gasteiger partial charge in [-0.1, -0.05) is 28.9 Å². The third kappa shape index (κ3) is 2.95. The van der Waals surface area contributed by atoms with E-state index in [4.69, 9.17) is 21.4 Å². The van der Waals surface area contributed by atoms with E-state index in [2.05, 4.69) is 16.2 Å². The van der Waals surface area contributed by atoms with Crippen LogP contribution < -0.4 is 4.90 Å². The molecule has 2 saturated heterocycles. The molecule has 2 fully saturated rings. The van der Waals surface area contributed by atoms with Gasteiger partial charge in [0.15, 0.2) is 17.8 Å². The summed E-state index contributed by atoms with van der Waals surface area (Å²) in [6.45, 7) is 3.14. The maximum Gasteiger partial charge on any atom is 0.247 e. The molecule has 2 aliphatic rings. The second-order valence-corrected chi connectivity index (χ2v) is 6.58. The summed E-state index contributed by atoms with van der Waals surface area (Å²) in [4.78, 5) is 18.3. The van der Waals surface area contributed by atoms with Gasteiger partial charge in [0.05, 0.1) is 6.54 Å². The molecule has 2 aromatic rings. The van der Waals surface area contributed by atoms with Gasteiger partial charge in [0.1, 0.15) is 6.04 Å². The van der Waals surface area contributed by atoms with Crippen molar-refractivity contribution in [2.75, 3.05) is 37.6 Å². The van der Waals surface area contributed by atoms with Gasteiger partial charge in [-0.3, -0.25) is 14.6 Å². The van der Waals surface area contributed by atoms with Crippen LogP contribution in [0.4, 0.5) is 5.82 Å². The third-order valence-electron chi connectivity index (χ3n) is 4.68. The van der Waals surface area contributed by atoms with Crippen molar-refractivity contribution in [3.63, 3.8) is 0 Å². The van der Waals surface area contributed by atoms with Gasteiger partial charge < -0.3 is 9.42 Å². The standard InChI is InChI=1S/C17H16ClN5O2/c18-13-3-1-2-12(8-13)15-9-16(20-25-15)23-7-6-22-5-4-21(11-19)10-14(22)17(23)24/h1-3,8-9,14H,4-7,10H2/t14-/m0/s1. The molecule has 1 aromatic carbocycles. The number of benzene rings is 1. The summed E-state index contributed by atoms with van der Waals surface area (Å²) in [6.07, 6.45) is 2.13. The third-order valence-corrected chi connectivity index (χ3v) is 4.91. The van der Waals surface area contributed by atoms with Crippen LogP contribution in [0.1, 0.15) is 0 Å². The topological polar surface area (TPSA) is 76.6 Å². The van der Waals surface area contributed by atoms with Crippen molar-refractivity contribution in [3.8, 4) is 17.5 Å². The van der Waals surface area contributed by atoms with Crippen molar-refractivity contribution < 1.29 is 9.32 Å². The zero-order chi connectivity index (χ0) is 17.4. The highest BCUT2D eigenvalue weighted by Crippen LogP contribution is 2.28. The van der Waals surface area contributed by atoms with Gasteiger partial charge in [0.25, 0.3) is 0 Å². The minimum absolute atomic E-state index is 0.0443. The summed E-state index contributed by atoms with van der Waals surface area (Å²) in [5.74, 6) is 1.01. The fourth-order valence-electron chi connectivity index (χ4n) is 3.33. The Hall–Kier alpha value is -2.56. The SMILES string of the molecule is N#CN1CCN2CCN(c3cc(-c4cccc(Cl)c4)on3)C(=O)[C@@H]2C1. The molecule has 1 amide bonds. The van der Waals surface area contributed by atoms with Crippen molar-refractivity contribution in [3.05, 3.63) is 35.4 Å². The van der Waals surface area contributed by atoms with Crippen LogP contribution in [0, 0.1) is 11.5 Å². The van der Waals surface area contributed by atoms with Crippen molar-refractivity contribution in [1.82, 2.24) is 15.0 Å². The Balaban J connectivity index is 1.56. The Bertz CT molecular complexity index is 846. The van der Waals surface area contributed by atoms with E-state index in [1.54, 1.807) is 28.0 Å². The van der Waals surface area contributed by atoms with Crippen molar-refractivity contribution in [2.45, 2.75) is 6.04 Å². The molecule has 25 heavy (non-hydrogen) atoms. The summed E-state index contributed by atoms with van der Waals surface area (Å²) in [5.41, 5.74) is 0.811. The molecule has 0 N–H and O–H groups in total. The molecule has 128 valence electrons. The van der Waals surface area contributed by atoms with Gasteiger partial charge in [0, 0.05) is 42.8 Å². The predicted octanol–water partition coefficient (Wildman–Crippen LogP) is 1.81. The average molecular weight is 358 g/mol. The lowest BCUT2D eigenvalue weighted by molar-refractivity contribution is -0.127. The molecule has 0 unspecified atom stereocenters. The van der Waals surface area contributed by atoms with Crippen molar-refractivity contribution >= 4 is 23.3 Å². The molecule has 0 bridgehead atoms. The van der Waals surface area contributed by atoms with E-state index in [1.807, 2.05) is 12.1 Å². The Morgan fingerprint density at radius 2 is 2.08 bits per heavy atom. The Labute approximate surface area is 149 Å². The number of hydrogen-bond acceptors (Lipinski definition) is 6. The molecule has 4 rings (SSSR count). The van der Waals surface area contributed by atoms with Crippen molar-refractivity contribution in [1.29, 1.82) is 5.26 Å². The highest BCUT2D eigenvalue weighted by Gasteiger charge is 2.39. The molecule has 3 heterocycles. The largest absolute Gasteiger partial charge is 0.354 e. The quantitative estimate of drug-likeness (QED) is 0.763. The van der Waals surface area contributed by atoms with E-state index in [9.17, 15) is 4.79 Å². The van der Waals surface area contributed by atoms with Gasteiger partial charge >= 0.3 is 0 Å². The molecule has 8 heteroatoms. The average Bonchev–Trinajstić information content (AvgIpc) is 3.12. The number of amides is 1. The molecule has 1 aromatic heterocycles. The van der Waals surface area contributed by atoms with Crippen LogP contribution in [0.5, 0.6) is 0 Å². The number of halogens is 1. The lowest BCUT2D eigenvalue weighted by Crippen LogP contribution is -2.64. The number of carbonyl (C=O) groups excluding carboxylic acids is 1. The smallest absolute Gasteiger partial charge is 0.247 e. The van der Waals surface area contributed by atoms with E-state index in [1.165, 1.54) is 0 Å². The number of nitrogens with zero attached hydrogens (tertiary/aromatic N) is 5. The van der Waals surface area contributed by atoms with Crippen molar-refractivity contribution in [2.24, 2.45) is 0 Å². The van der Waals surface area contributed by atoms with Gasteiger partial charge in [-0.2, -0.15) is 5.26 Å². The molecule has 0 aliphatic carbocycles. The molecule has 0 saturated carbocycles. The van der Waals surface area contributed by atoms with Crippen LogP contribution in [0.2, 0.25) is 5.02 Å². The molecule has 7 nitrogen and oxygen atoms in total. The Morgan fingerprint density at radius 1 is 1.24 bits per heavy atom. The van der Waals surface area contributed by atoms with Gasteiger partial charge in [-0.05, 0) is 12.1 Å². The maximum atomic E-state index is 12.9. The second-order valence-electron chi connectivity index (χ2n) is 6.15. The molecular weight excluding hydrogens is 342 g/mol. The van der Waals surface area contributed by atoms with Crippen LogP contribution in [-0.2, 0) is 4.79 Å². The number of carbonyl (C=O) groups is 1. The fourth-order valence-corrected chi connectivity index (χ4v) is 3.52. The van der Waals surface area contributed by atoms with E-state index >= 15 is 0 Å².